The zero-order valence-electron chi connectivity index (χ0n) is 22.1. The smallest absolute Gasteiger partial charge is 0.255 e. The highest BCUT2D eigenvalue weighted by Gasteiger charge is 2.40. The summed E-state index contributed by atoms with van der Waals surface area (Å²) in [7, 11) is 8.40. The van der Waals surface area contributed by atoms with Gasteiger partial charge >= 0.3 is 0 Å². The number of rotatable bonds is 6. The number of ether oxygens (including phenoxy) is 2. The van der Waals surface area contributed by atoms with E-state index in [1.165, 1.54) is 16.5 Å². The monoisotopic (exact) mass is 497 g/mol. The molecule has 0 saturated carbocycles. The molecule has 2 fully saturated rings. The fraction of sp³-hybridized carbons (Fsp3) is 0.400. The third-order valence-electron chi connectivity index (χ3n) is 7.95. The van der Waals surface area contributed by atoms with Crippen molar-refractivity contribution in [1.82, 2.24) is 15.1 Å². The van der Waals surface area contributed by atoms with E-state index in [0.29, 0.717) is 17.7 Å². The number of carbonyl (C=O) groups is 3. The first-order chi connectivity index (χ1) is 17.7. The second kappa shape index (κ2) is 10.1. The number of imide groups is 1. The Balaban J connectivity index is 1.37. The molecule has 0 spiro atoms. The van der Waals surface area contributed by atoms with E-state index in [4.69, 9.17) is 9.47 Å². The first-order valence-electron chi connectivity index (χ1n) is 13.0. The fourth-order valence-corrected chi connectivity index (χ4v) is 5.68. The second-order valence-corrected chi connectivity index (χ2v) is 10.7. The normalized spacial score (nSPS) is 20.6. The van der Waals surface area contributed by atoms with Crippen LogP contribution < -0.4 is 21.0 Å². The maximum Gasteiger partial charge on any atom is 0.255 e. The van der Waals surface area contributed by atoms with Crippen LogP contribution in [0.25, 0.3) is 0 Å². The lowest BCUT2D eigenvalue weighted by molar-refractivity contribution is -0.136. The third-order valence-corrected chi connectivity index (χ3v) is 7.95. The summed E-state index contributed by atoms with van der Waals surface area (Å²) in [5.74, 6) is -0.270. The number of nitrogens with zero attached hydrogens (tertiary/aromatic N) is 2. The Hall–Kier alpha value is -2.97. The fourth-order valence-electron chi connectivity index (χ4n) is 5.68. The highest BCUT2D eigenvalue weighted by Crippen LogP contribution is 2.35. The molecule has 2 saturated heterocycles. The Kier molecular flexibility index (Phi) is 6.98. The molecule has 2 aromatic rings. The van der Waals surface area contributed by atoms with E-state index in [1.807, 2.05) is 27.8 Å². The summed E-state index contributed by atoms with van der Waals surface area (Å²) in [6.45, 7) is 4.64. The molecule has 0 aromatic heterocycles. The minimum atomic E-state index is -0.651. The molecule has 0 aliphatic carbocycles. The Morgan fingerprint density at radius 1 is 1.05 bits per heavy atom. The molecule has 37 heavy (non-hydrogen) atoms. The minimum Gasteiger partial charge on any atom is -0.501 e. The van der Waals surface area contributed by atoms with Gasteiger partial charge in [0.1, 0.15) is 27.5 Å². The highest BCUT2D eigenvalue weighted by molar-refractivity contribution is 6.51. The molecule has 1 N–H and O–H groups in total. The molecule has 188 valence electrons. The van der Waals surface area contributed by atoms with Gasteiger partial charge in [0.15, 0.2) is 15.7 Å². The Bertz CT molecular complexity index is 1270. The highest BCUT2D eigenvalue weighted by atomic mass is 16.5. The number of benzene rings is 2. The number of nitrogens with one attached hydrogen (secondary N) is 1. The van der Waals surface area contributed by atoms with Crippen molar-refractivity contribution >= 4 is 60.0 Å². The SMILES string of the molecule is Bc1c(CN2CCOCC2)ccc(C(B)(B)Oc2cccc3c2CN(C2CCC(=O)NC2=O)C3=O)c1B. The summed E-state index contributed by atoms with van der Waals surface area (Å²) in [5, 5.41) is 1.71. The van der Waals surface area contributed by atoms with E-state index in [1.54, 1.807) is 11.0 Å². The molecule has 3 heterocycles. The molecule has 3 amide bonds. The second-order valence-electron chi connectivity index (χ2n) is 10.7. The van der Waals surface area contributed by atoms with E-state index in [0.717, 1.165) is 44.0 Å². The zero-order valence-corrected chi connectivity index (χ0v) is 22.1. The van der Waals surface area contributed by atoms with Crippen molar-refractivity contribution in [2.45, 2.75) is 37.4 Å². The van der Waals surface area contributed by atoms with Gasteiger partial charge in [-0.2, -0.15) is 0 Å². The zero-order chi connectivity index (χ0) is 26.3. The molecule has 12 heteroatoms. The number of piperidine rings is 1. The molecule has 0 bridgehead atoms. The standard InChI is InChI=1S/C25H31B4N3O5/c26-21-14(12-31-8-10-36-11-9-31)4-5-17(22(21)27)25(28,29)37-19-3-1-2-15-16(19)13-32(24(15)35)18-6-7-20(33)30-23(18)34/h1-5,18H,6-13,26-29H2,(H,30,33,34). The van der Waals surface area contributed by atoms with Gasteiger partial charge in [-0.15, -0.1) is 0 Å². The van der Waals surface area contributed by atoms with Crippen LogP contribution in [0.3, 0.4) is 0 Å². The van der Waals surface area contributed by atoms with Crippen molar-refractivity contribution in [3.05, 3.63) is 52.6 Å². The molecular weight excluding hydrogens is 466 g/mol. The van der Waals surface area contributed by atoms with Crippen LogP contribution in [0.5, 0.6) is 5.75 Å². The first kappa shape index (κ1) is 25.7. The van der Waals surface area contributed by atoms with Crippen molar-refractivity contribution in [3.8, 4) is 5.75 Å². The van der Waals surface area contributed by atoms with E-state index in [2.05, 4.69) is 38.0 Å². The predicted octanol–water partition coefficient (Wildman–Crippen LogP) is -3.75. The molecule has 2 aromatic carbocycles. The summed E-state index contributed by atoms with van der Waals surface area (Å²) in [5.41, 5.74) is 6.20. The Morgan fingerprint density at radius 3 is 2.54 bits per heavy atom. The number of fused-ring (bicyclic) bond motifs is 1. The van der Waals surface area contributed by atoms with E-state index in [9.17, 15) is 14.4 Å². The number of carbonyl (C=O) groups excluding carboxylic acids is 3. The lowest BCUT2D eigenvalue weighted by Gasteiger charge is -2.33. The summed E-state index contributed by atoms with van der Waals surface area (Å²) >= 11 is 0. The Morgan fingerprint density at radius 2 is 1.81 bits per heavy atom. The predicted molar refractivity (Wildman–Crippen MR) is 151 cm³/mol. The minimum absolute atomic E-state index is 0.202. The van der Waals surface area contributed by atoms with Gasteiger partial charge in [0.2, 0.25) is 11.8 Å². The van der Waals surface area contributed by atoms with E-state index >= 15 is 0 Å². The molecule has 5 rings (SSSR count). The molecule has 8 nitrogen and oxygen atoms in total. The molecular formula is C25H31B4N3O5. The van der Waals surface area contributed by atoms with Crippen LogP contribution in [0.1, 0.15) is 39.9 Å². The largest absolute Gasteiger partial charge is 0.501 e. The van der Waals surface area contributed by atoms with E-state index in [-0.39, 0.29) is 24.8 Å². The molecule has 1 atom stereocenters. The number of amides is 3. The lowest BCUT2D eigenvalue weighted by Crippen LogP contribution is -2.52. The molecule has 1 unspecified atom stereocenters. The van der Waals surface area contributed by atoms with Gasteiger partial charge in [-0.1, -0.05) is 29.1 Å². The number of hydrogen-bond donors (Lipinski definition) is 1. The van der Waals surface area contributed by atoms with Crippen molar-refractivity contribution in [3.63, 3.8) is 0 Å². The maximum absolute atomic E-state index is 13.2. The summed E-state index contributed by atoms with van der Waals surface area (Å²) in [4.78, 5) is 41.2. The summed E-state index contributed by atoms with van der Waals surface area (Å²) in [6, 6.07) is 9.18. The van der Waals surface area contributed by atoms with Gasteiger partial charge < -0.3 is 14.4 Å². The first-order valence-corrected chi connectivity index (χ1v) is 13.0. The van der Waals surface area contributed by atoms with Gasteiger partial charge in [-0.05, 0) is 29.7 Å². The average Bonchev–Trinajstić information content (AvgIpc) is 3.19. The van der Waals surface area contributed by atoms with Crippen LogP contribution in [0.2, 0.25) is 0 Å². The van der Waals surface area contributed by atoms with Crippen LogP contribution in [0.4, 0.5) is 0 Å². The van der Waals surface area contributed by atoms with Crippen LogP contribution >= 0.6 is 0 Å². The van der Waals surface area contributed by atoms with Crippen molar-refractivity contribution in [1.29, 1.82) is 0 Å². The number of morpholine rings is 1. The van der Waals surface area contributed by atoms with Crippen molar-refractivity contribution in [2.24, 2.45) is 0 Å². The van der Waals surface area contributed by atoms with Crippen LogP contribution in [-0.4, -0.2) is 91.3 Å². The van der Waals surface area contributed by atoms with Crippen molar-refractivity contribution in [2.75, 3.05) is 26.3 Å². The van der Waals surface area contributed by atoms with Crippen LogP contribution in [-0.2, 0) is 32.8 Å². The van der Waals surface area contributed by atoms with Gasteiger partial charge in [-0.3, -0.25) is 24.6 Å². The van der Waals surface area contributed by atoms with E-state index < -0.39 is 17.3 Å². The van der Waals surface area contributed by atoms with Crippen molar-refractivity contribution < 1.29 is 23.9 Å². The Labute approximate surface area is 221 Å². The average molecular weight is 497 g/mol. The van der Waals surface area contributed by atoms with Crippen LogP contribution in [0.15, 0.2) is 30.3 Å². The van der Waals surface area contributed by atoms with Gasteiger partial charge in [0.25, 0.3) is 5.91 Å². The quantitative estimate of drug-likeness (QED) is 0.327. The molecule has 3 aliphatic heterocycles. The van der Waals surface area contributed by atoms with Crippen LogP contribution in [0, 0.1) is 0 Å². The number of hydrogen-bond acceptors (Lipinski definition) is 6. The maximum atomic E-state index is 13.2. The van der Waals surface area contributed by atoms with Gasteiger partial charge in [-0.25, -0.2) is 0 Å². The summed E-state index contributed by atoms with van der Waals surface area (Å²) in [6.07, 6.45) is 0.564. The van der Waals surface area contributed by atoms with Gasteiger partial charge in [0.05, 0.1) is 25.2 Å². The summed E-state index contributed by atoms with van der Waals surface area (Å²) < 4.78 is 12.1. The molecule has 0 radical (unpaired) electrons. The third kappa shape index (κ3) is 4.97. The lowest BCUT2D eigenvalue weighted by atomic mass is 9.57. The molecule has 3 aliphatic rings. The van der Waals surface area contributed by atoms with Gasteiger partial charge in [0, 0.05) is 37.2 Å². The topological polar surface area (TPSA) is 88.2 Å².